The lowest BCUT2D eigenvalue weighted by Gasteiger charge is -2.32. The summed E-state index contributed by atoms with van der Waals surface area (Å²) >= 11 is 0. The van der Waals surface area contributed by atoms with E-state index in [1.54, 1.807) is 0 Å². The average molecular weight is 534 g/mol. The van der Waals surface area contributed by atoms with Gasteiger partial charge < -0.3 is 19.3 Å². The summed E-state index contributed by atoms with van der Waals surface area (Å²) < 4.78 is 11.1. The van der Waals surface area contributed by atoms with E-state index < -0.39 is 0 Å². The van der Waals surface area contributed by atoms with Gasteiger partial charge in [0.05, 0.1) is 6.04 Å². The number of hydrogen-bond donors (Lipinski definition) is 0. The third-order valence-corrected chi connectivity index (χ3v) is 8.03. The zero-order valence-electron chi connectivity index (χ0n) is 23.9. The Kier molecular flexibility index (Phi) is 8.17. The van der Waals surface area contributed by atoms with Gasteiger partial charge in [-0.2, -0.15) is 0 Å². The molecule has 0 aliphatic carbocycles. The van der Waals surface area contributed by atoms with Crippen LogP contribution in [0.4, 0.5) is 0 Å². The molecule has 2 aromatic carbocycles. The van der Waals surface area contributed by atoms with Crippen molar-refractivity contribution in [3.8, 4) is 11.5 Å². The van der Waals surface area contributed by atoms with Crippen molar-refractivity contribution in [2.45, 2.75) is 85.0 Å². The largest absolute Gasteiger partial charge is 0.454 e. The molecule has 7 heteroatoms. The molecule has 0 saturated carbocycles. The minimum Gasteiger partial charge on any atom is -0.454 e. The highest BCUT2D eigenvalue weighted by atomic mass is 16.7. The average Bonchev–Trinajstić information content (AvgIpc) is 3.53. The number of rotatable bonds is 7. The van der Waals surface area contributed by atoms with Crippen LogP contribution in [-0.4, -0.2) is 65.0 Å². The van der Waals surface area contributed by atoms with Crippen molar-refractivity contribution in [2.75, 3.05) is 26.4 Å². The number of ether oxygens (including phenoxy) is 2. The fourth-order valence-corrected chi connectivity index (χ4v) is 6.12. The van der Waals surface area contributed by atoms with Gasteiger partial charge in [-0.1, -0.05) is 56.7 Å². The zero-order chi connectivity index (χ0) is 27.6. The van der Waals surface area contributed by atoms with Gasteiger partial charge in [-0.25, -0.2) is 0 Å². The van der Waals surface area contributed by atoms with E-state index in [0.29, 0.717) is 32.5 Å². The van der Waals surface area contributed by atoms with Crippen molar-refractivity contribution in [3.05, 3.63) is 59.2 Å². The highest BCUT2D eigenvalue weighted by Gasteiger charge is 2.42. The van der Waals surface area contributed by atoms with Crippen LogP contribution >= 0.6 is 0 Å². The molecule has 2 aromatic rings. The Morgan fingerprint density at radius 3 is 2.49 bits per heavy atom. The molecule has 0 spiro atoms. The van der Waals surface area contributed by atoms with E-state index in [-0.39, 0.29) is 36.1 Å². The van der Waals surface area contributed by atoms with Crippen LogP contribution < -0.4 is 9.47 Å². The predicted octanol–water partition coefficient (Wildman–Crippen LogP) is 5.14. The number of fused-ring (bicyclic) bond motifs is 1. The molecular weight excluding hydrogens is 490 g/mol. The summed E-state index contributed by atoms with van der Waals surface area (Å²) in [7, 11) is 0. The molecule has 39 heavy (non-hydrogen) atoms. The summed E-state index contributed by atoms with van der Waals surface area (Å²) in [4.78, 5) is 34.1. The van der Waals surface area contributed by atoms with Crippen molar-refractivity contribution in [3.63, 3.8) is 0 Å². The number of likely N-dealkylation sites (tertiary alicyclic amines) is 2. The van der Waals surface area contributed by atoms with Gasteiger partial charge in [-0.15, -0.1) is 0 Å². The first-order valence-corrected chi connectivity index (χ1v) is 14.4. The van der Waals surface area contributed by atoms with E-state index >= 15 is 0 Å². The normalized spacial score (nSPS) is 21.3. The van der Waals surface area contributed by atoms with Crippen LogP contribution in [0.25, 0.3) is 0 Å². The van der Waals surface area contributed by atoms with Crippen LogP contribution in [0.5, 0.6) is 11.5 Å². The second kappa shape index (κ2) is 11.6. The fourth-order valence-electron chi connectivity index (χ4n) is 6.12. The molecular formula is C32H43N3O4. The first-order chi connectivity index (χ1) is 18.7. The zero-order valence-corrected chi connectivity index (χ0v) is 23.9. The highest BCUT2D eigenvalue weighted by Crippen LogP contribution is 2.35. The lowest BCUT2D eigenvalue weighted by Crippen LogP contribution is -2.47. The molecule has 7 nitrogen and oxygen atoms in total. The van der Waals surface area contributed by atoms with E-state index in [1.165, 1.54) is 12.0 Å². The van der Waals surface area contributed by atoms with Crippen LogP contribution in [0.15, 0.2) is 42.5 Å². The number of benzene rings is 2. The molecule has 2 saturated heterocycles. The Morgan fingerprint density at radius 1 is 0.974 bits per heavy atom. The van der Waals surface area contributed by atoms with Crippen molar-refractivity contribution in [2.24, 2.45) is 5.41 Å². The molecule has 2 amide bonds. The SMILES string of the molecule is Cc1cccc(CN(C(=O)CC(C)(C)C)[C@H]2C[C@@H](C(=O)N3CCCCC3)N(Cc3ccc4c(c3)OCO4)C2)c1. The minimum absolute atomic E-state index is 0.0342. The second-order valence-electron chi connectivity index (χ2n) is 12.7. The summed E-state index contributed by atoms with van der Waals surface area (Å²) in [6.45, 7) is 12.2. The maximum Gasteiger partial charge on any atom is 0.240 e. The van der Waals surface area contributed by atoms with Crippen LogP contribution in [-0.2, 0) is 22.7 Å². The van der Waals surface area contributed by atoms with Crippen LogP contribution in [0.3, 0.4) is 0 Å². The molecule has 0 unspecified atom stereocenters. The third kappa shape index (κ3) is 6.75. The first kappa shape index (κ1) is 27.5. The van der Waals surface area contributed by atoms with Crippen LogP contribution in [0.1, 0.15) is 69.6 Å². The van der Waals surface area contributed by atoms with E-state index in [4.69, 9.17) is 9.47 Å². The number of aryl methyl sites for hydroxylation is 1. The number of carbonyl (C=O) groups is 2. The summed E-state index contributed by atoms with van der Waals surface area (Å²) in [5.41, 5.74) is 3.29. The van der Waals surface area contributed by atoms with Gasteiger partial charge in [-0.05, 0) is 61.3 Å². The number of carbonyl (C=O) groups excluding carboxylic acids is 2. The molecule has 5 rings (SSSR count). The molecule has 0 bridgehead atoms. The van der Waals surface area contributed by atoms with Gasteiger partial charge in [0.2, 0.25) is 18.6 Å². The second-order valence-corrected chi connectivity index (χ2v) is 12.7. The maximum absolute atomic E-state index is 13.9. The van der Waals surface area contributed by atoms with Crippen molar-refractivity contribution in [1.82, 2.24) is 14.7 Å². The Bertz CT molecular complexity index is 1180. The molecule has 210 valence electrons. The molecule has 3 aliphatic rings. The number of amides is 2. The summed E-state index contributed by atoms with van der Waals surface area (Å²) in [6.07, 6.45) is 4.44. The lowest BCUT2D eigenvalue weighted by molar-refractivity contribution is -0.138. The predicted molar refractivity (Wildman–Crippen MR) is 151 cm³/mol. The van der Waals surface area contributed by atoms with Crippen molar-refractivity contribution < 1.29 is 19.1 Å². The monoisotopic (exact) mass is 533 g/mol. The maximum atomic E-state index is 13.9. The molecule has 3 heterocycles. The number of nitrogens with zero attached hydrogens (tertiary/aromatic N) is 3. The molecule has 2 atom stereocenters. The topological polar surface area (TPSA) is 62.3 Å². The third-order valence-electron chi connectivity index (χ3n) is 8.03. The van der Waals surface area contributed by atoms with E-state index in [1.807, 2.05) is 17.0 Å². The molecule has 2 fully saturated rings. The van der Waals surface area contributed by atoms with E-state index in [0.717, 1.165) is 48.6 Å². The smallest absolute Gasteiger partial charge is 0.240 e. The lowest BCUT2D eigenvalue weighted by atomic mass is 9.91. The Hall–Kier alpha value is -3.06. The van der Waals surface area contributed by atoms with Crippen LogP contribution in [0, 0.1) is 12.3 Å². The molecule has 3 aliphatic heterocycles. The van der Waals surface area contributed by atoms with Crippen molar-refractivity contribution in [1.29, 1.82) is 0 Å². The Morgan fingerprint density at radius 2 is 1.74 bits per heavy atom. The van der Waals surface area contributed by atoms with Gasteiger partial charge in [0, 0.05) is 45.2 Å². The van der Waals surface area contributed by atoms with Crippen LogP contribution in [0.2, 0.25) is 0 Å². The summed E-state index contributed by atoms with van der Waals surface area (Å²) in [6, 6.07) is 14.1. The van der Waals surface area contributed by atoms with Gasteiger partial charge in [0.15, 0.2) is 11.5 Å². The van der Waals surface area contributed by atoms with Gasteiger partial charge in [0.1, 0.15) is 0 Å². The Balaban J connectivity index is 1.42. The first-order valence-electron chi connectivity index (χ1n) is 14.4. The molecule has 0 radical (unpaired) electrons. The minimum atomic E-state index is -0.249. The summed E-state index contributed by atoms with van der Waals surface area (Å²) in [5, 5.41) is 0. The van der Waals surface area contributed by atoms with Gasteiger partial charge in [-0.3, -0.25) is 14.5 Å². The number of hydrogen-bond acceptors (Lipinski definition) is 5. The highest BCUT2D eigenvalue weighted by molar-refractivity contribution is 5.83. The standard InChI is InChI=1S/C32H43N3O4/c1-23-9-8-10-24(15-23)20-35(30(36)18-32(2,3)4)26-17-27(31(37)33-13-6-5-7-14-33)34(21-26)19-25-11-12-28-29(16-25)39-22-38-28/h8-12,15-16,26-27H,5-7,13-14,17-22H2,1-4H3/t26-,27-/m0/s1. The summed E-state index contributed by atoms with van der Waals surface area (Å²) in [5.74, 6) is 1.87. The van der Waals surface area contributed by atoms with Gasteiger partial charge >= 0.3 is 0 Å². The molecule has 0 N–H and O–H groups in total. The molecule has 0 aromatic heterocycles. The fraction of sp³-hybridized carbons (Fsp3) is 0.562. The number of piperidine rings is 1. The quantitative estimate of drug-likeness (QED) is 0.493. The van der Waals surface area contributed by atoms with Gasteiger partial charge in [0.25, 0.3) is 0 Å². The van der Waals surface area contributed by atoms with Crippen molar-refractivity contribution >= 4 is 11.8 Å². The Labute approximate surface area is 233 Å². The van der Waals surface area contributed by atoms with E-state index in [9.17, 15) is 9.59 Å². The van der Waals surface area contributed by atoms with E-state index in [2.05, 4.69) is 67.8 Å².